The van der Waals surface area contributed by atoms with Crippen molar-refractivity contribution in [1.82, 2.24) is 0 Å². The molecule has 0 N–H and O–H groups in total. The third kappa shape index (κ3) is 13.2. The number of rotatable bonds is 25. The maximum absolute atomic E-state index is 16.2. The van der Waals surface area contributed by atoms with Crippen molar-refractivity contribution in [3.05, 3.63) is 107 Å². The topological polar surface area (TPSA) is 229 Å². The fourth-order valence-electron chi connectivity index (χ4n) is 7.54. The maximum Gasteiger partial charge on any atom is 0.297 e. The summed E-state index contributed by atoms with van der Waals surface area (Å²) in [7, 11) is -14.3. The van der Waals surface area contributed by atoms with Gasteiger partial charge in [-0.2, -0.15) is 51.2 Å². The van der Waals surface area contributed by atoms with Gasteiger partial charge in [-0.15, -0.1) is 0 Å². The van der Waals surface area contributed by atoms with Gasteiger partial charge in [-0.1, -0.05) is 0 Å². The summed E-state index contributed by atoms with van der Waals surface area (Å²) in [4.78, 5) is -3.01. The first-order valence-corrected chi connectivity index (χ1v) is 28.0. The molecule has 426 valence electrons. The number of ether oxygens (including phenoxy) is 6. The van der Waals surface area contributed by atoms with Crippen molar-refractivity contribution in [2.24, 2.45) is 0 Å². The molecule has 0 radical (unpaired) electrons. The lowest BCUT2D eigenvalue weighted by Crippen LogP contribution is -2.20. The molecular formula is C48H46F8O18S4. The highest BCUT2D eigenvalue weighted by Gasteiger charge is 2.37. The van der Waals surface area contributed by atoms with E-state index in [1.165, 1.54) is 56.1 Å². The molecule has 18 nitrogen and oxygen atoms in total. The summed E-state index contributed by atoms with van der Waals surface area (Å²) in [5.41, 5.74) is -4.79. The maximum atomic E-state index is 16.2. The van der Waals surface area contributed by atoms with E-state index in [-0.39, 0.29) is 37.2 Å². The van der Waals surface area contributed by atoms with Crippen LogP contribution in [0.4, 0.5) is 35.1 Å². The van der Waals surface area contributed by atoms with Gasteiger partial charge < -0.3 is 28.4 Å². The monoisotopic (exact) mass is 1190 g/mol. The van der Waals surface area contributed by atoms with Crippen LogP contribution in [-0.2, 0) is 76.2 Å². The standard InChI is InChI=1S/C48H46F8O18S4/c1-23(19-65-5)71-75(57,58)29-9-11-33-27(13-29)15-31(77(61,62)73-25(3)21-67-7)17-35(33)69-47-43(53)39(49)37(40(50)44(47)54)38-41(51)45(55)48(46(56)42(38)52)70-36-18-32(78(63,64)74-26(4)22-68-8)16-28-14-30(10-12-34(28)36)76(59,60)72-24(2)20-66-6/h9-18,23-26H,19-22H2,1-8H3. The van der Waals surface area contributed by atoms with E-state index in [2.05, 4.69) is 0 Å². The highest BCUT2D eigenvalue weighted by atomic mass is 32.2. The van der Waals surface area contributed by atoms with Crippen molar-refractivity contribution in [1.29, 1.82) is 0 Å². The highest BCUT2D eigenvalue weighted by molar-refractivity contribution is 7.87. The number of methoxy groups -OCH3 is 4. The lowest BCUT2D eigenvalue weighted by molar-refractivity contribution is 0.0960. The molecule has 6 rings (SSSR count). The van der Waals surface area contributed by atoms with Gasteiger partial charge in [-0.05, 0) is 87.0 Å². The van der Waals surface area contributed by atoms with E-state index in [4.69, 9.17) is 45.2 Å². The van der Waals surface area contributed by atoms with Crippen LogP contribution in [0.2, 0.25) is 0 Å². The predicted octanol–water partition coefficient (Wildman–Crippen LogP) is 9.32. The average molecular weight is 1190 g/mol. The van der Waals surface area contributed by atoms with Crippen LogP contribution in [-0.4, -0.2) is 113 Å². The van der Waals surface area contributed by atoms with E-state index in [1.807, 2.05) is 0 Å². The van der Waals surface area contributed by atoms with Crippen LogP contribution in [0, 0.1) is 46.5 Å². The molecule has 0 aromatic heterocycles. The van der Waals surface area contributed by atoms with Crippen molar-refractivity contribution in [3.8, 4) is 34.1 Å². The fourth-order valence-corrected chi connectivity index (χ4v) is 12.0. The van der Waals surface area contributed by atoms with E-state index in [0.717, 1.165) is 48.5 Å². The summed E-state index contributed by atoms with van der Waals surface area (Å²) >= 11 is 0. The molecule has 6 aromatic carbocycles. The first-order valence-electron chi connectivity index (χ1n) is 22.4. The van der Waals surface area contributed by atoms with Gasteiger partial charge in [0, 0.05) is 51.3 Å². The largest absolute Gasteiger partial charge is 0.450 e. The molecule has 0 fully saturated rings. The van der Waals surface area contributed by atoms with Crippen molar-refractivity contribution in [3.63, 3.8) is 0 Å². The van der Waals surface area contributed by atoms with Crippen molar-refractivity contribution in [2.45, 2.75) is 71.7 Å². The van der Waals surface area contributed by atoms with Gasteiger partial charge in [-0.25, -0.2) is 17.6 Å². The van der Waals surface area contributed by atoms with E-state index < -0.39 is 176 Å². The van der Waals surface area contributed by atoms with Gasteiger partial charge >= 0.3 is 0 Å². The Labute approximate surface area is 442 Å². The van der Waals surface area contributed by atoms with Gasteiger partial charge in [0.2, 0.25) is 34.8 Å². The van der Waals surface area contributed by atoms with Crippen LogP contribution in [0.3, 0.4) is 0 Å². The van der Waals surface area contributed by atoms with Crippen LogP contribution in [0.1, 0.15) is 27.7 Å². The molecule has 0 amide bonds. The van der Waals surface area contributed by atoms with Crippen LogP contribution in [0.25, 0.3) is 32.7 Å². The zero-order chi connectivity index (χ0) is 58.0. The molecule has 0 saturated carbocycles. The van der Waals surface area contributed by atoms with Crippen molar-refractivity contribution in [2.75, 3.05) is 54.9 Å². The Hall–Kier alpha value is -5.64. The smallest absolute Gasteiger partial charge is 0.297 e. The van der Waals surface area contributed by atoms with E-state index in [9.17, 15) is 33.7 Å². The van der Waals surface area contributed by atoms with Crippen molar-refractivity contribution < 1.29 is 114 Å². The molecular weight excluding hydrogens is 1140 g/mol. The summed E-state index contributed by atoms with van der Waals surface area (Å²) in [5.74, 6) is -27.5. The number of hydrogen-bond acceptors (Lipinski definition) is 18. The Morgan fingerprint density at radius 1 is 0.359 bits per heavy atom. The molecule has 0 aliphatic heterocycles. The van der Waals surface area contributed by atoms with Gasteiger partial charge in [0.1, 0.15) is 11.5 Å². The van der Waals surface area contributed by atoms with Gasteiger partial charge in [0.15, 0.2) is 23.3 Å². The summed E-state index contributed by atoms with van der Waals surface area (Å²) in [6, 6.07) is 8.02. The average Bonchev–Trinajstić information content (AvgIpc) is 3.38. The Morgan fingerprint density at radius 2 is 0.603 bits per heavy atom. The summed E-state index contributed by atoms with van der Waals surface area (Å²) < 4.78 is 286. The summed E-state index contributed by atoms with van der Waals surface area (Å²) in [5, 5.41) is -1.56. The summed E-state index contributed by atoms with van der Waals surface area (Å²) in [6.45, 7) is 4.22. The third-order valence-electron chi connectivity index (χ3n) is 10.8. The van der Waals surface area contributed by atoms with Crippen molar-refractivity contribution >= 4 is 62.0 Å². The Kier molecular flexibility index (Phi) is 19.2. The Bertz CT molecular complexity index is 3430. The number of hydrogen-bond donors (Lipinski definition) is 0. The number of benzene rings is 6. The number of halogens is 8. The molecule has 0 spiro atoms. The highest BCUT2D eigenvalue weighted by Crippen LogP contribution is 2.46. The van der Waals surface area contributed by atoms with Crippen LogP contribution < -0.4 is 9.47 Å². The number of fused-ring (bicyclic) bond motifs is 2. The molecule has 6 aromatic rings. The lowest BCUT2D eigenvalue weighted by Gasteiger charge is -2.19. The van der Waals surface area contributed by atoms with Crippen LogP contribution in [0.15, 0.2) is 80.2 Å². The second kappa shape index (κ2) is 24.4. The minimum absolute atomic E-state index is 0.196. The molecule has 0 heterocycles. The van der Waals surface area contributed by atoms with Crippen LogP contribution >= 0.6 is 0 Å². The van der Waals surface area contributed by atoms with Gasteiger partial charge in [0.05, 0.1) is 81.6 Å². The van der Waals surface area contributed by atoms with Gasteiger partial charge in [0.25, 0.3) is 40.5 Å². The zero-order valence-corrected chi connectivity index (χ0v) is 45.2. The van der Waals surface area contributed by atoms with E-state index >= 15 is 35.1 Å². The van der Waals surface area contributed by atoms with Gasteiger partial charge in [-0.3, -0.25) is 16.7 Å². The summed E-state index contributed by atoms with van der Waals surface area (Å²) in [6.07, 6.45) is -4.47. The zero-order valence-electron chi connectivity index (χ0n) is 41.9. The van der Waals surface area contributed by atoms with E-state index in [1.54, 1.807) is 0 Å². The quantitative estimate of drug-likeness (QED) is 0.0295. The Morgan fingerprint density at radius 3 is 0.859 bits per heavy atom. The fraction of sp³-hybridized carbons (Fsp3) is 0.333. The second-order valence-electron chi connectivity index (χ2n) is 17.0. The molecule has 0 aliphatic carbocycles. The molecule has 0 bridgehead atoms. The molecule has 30 heteroatoms. The van der Waals surface area contributed by atoms with E-state index in [0.29, 0.717) is 12.1 Å². The molecule has 78 heavy (non-hydrogen) atoms. The molecule has 0 aliphatic rings. The first kappa shape index (κ1) is 61.6. The molecule has 4 atom stereocenters. The van der Waals surface area contributed by atoms with Crippen LogP contribution in [0.5, 0.6) is 23.0 Å². The lowest BCUT2D eigenvalue weighted by atomic mass is 10.0. The minimum atomic E-state index is -4.95. The molecule has 0 saturated heterocycles. The SMILES string of the molecule is COCC(C)OS(=O)(=O)c1ccc2c(Oc3c(F)c(F)c(-c4c(F)c(F)c(Oc5cc(S(=O)(=O)OC(C)COC)cc6cc(S(=O)(=O)OC(C)COC)ccc56)c(F)c4F)c(F)c3F)cc(S(=O)(=O)OC(C)COC)cc2c1. The normalized spacial score (nSPS) is 14.2. The Balaban J connectivity index is 1.49. The first-order chi connectivity index (χ1) is 36.4. The minimum Gasteiger partial charge on any atom is -0.450 e. The predicted molar refractivity (Wildman–Crippen MR) is 258 cm³/mol. The molecule has 4 unspecified atom stereocenters. The second-order valence-corrected chi connectivity index (χ2v) is 23.3. The third-order valence-corrected chi connectivity index (χ3v) is 16.4.